The molecule has 1 aliphatic rings. The van der Waals surface area contributed by atoms with Crippen LogP contribution in [0.3, 0.4) is 0 Å². The standard InChI is InChI=1S/C26H26N10O/c37-26(30-14-20-6-1-3-9-29-20)22-15-36(35-33-22)10-4-2-5-19-11-21-23(18-12-27-16-28-13-18)24(17-7-8-17)31-25(21)34-32-19/h1,3,6,9,11-13,15-17H,2,4-5,7-8,10,14H2,(H,30,37)(H,31,34). The highest BCUT2D eigenvalue weighted by molar-refractivity contribution is 5.95. The van der Waals surface area contributed by atoms with Crippen LogP contribution in [0.1, 0.15) is 59.2 Å². The number of nitrogens with one attached hydrogen (secondary N) is 2. The van der Waals surface area contributed by atoms with E-state index in [0.717, 1.165) is 52.8 Å². The van der Waals surface area contributed by atoms with Gasteiger partial charge < -0.3 is 10.3 Å². The van der Waals surface area contributed by atoms with Crippen LogP contribution in [0.4, 0.5) is 0 Å². The summed E-state index contributed by atoms with van der Waals surface area (Å²) in [7, 11) is 0. The van der Waals surface area contributed by atoms with Gasteiger partial charge in [-0.3, -0.25) is 14.5 Å². The second-order valence-electron chi connectivity index (χ2n) is 9.24. The van der Waals surface area contributed by atoms with Crippen molar-refractivity contribution in [1.82, 2.24) is 50.4 Å². The molecular formula is C26H26N10O. The zero-order chi connectivity index (χ0) is 25.0. The van der Waals surface area contributed by atoms with Crippen molar-refractivity contribution in [3.8, 4) is 11.1 Å². The third-order valence-corrected chi connectivity index (χ3v) is 6.47. The number of amides is 1. The molecule has 1 amide bonds. The monoisotopic (exact) mass is 494 g/mol. The third-order valence-electron chi connectivity index (χ3n) is 6.47. The minimum absolute atomic E-state index is 0.267. The fraction of sp³-hybridized carbons (Fsp3) is 0.308. The maximum absolute atomic E-state index is 12.4. The molecule has 5 heterocycles. The van der Waals surface area contributed by atoms with Crippen LogP contribution in [0.25, 0.3) is 22.2 Å². The van der Waals surface area contributed by atoms with Crippen LogP contribution in [0.5, 0.6) is 0 Å². The number of hydrogen-bond donors (Lipinski definition) is 2. The Hall–Kier alpha value is -4.54. The molecule has 1 saturated carbocycles. The van der Waals surface area contributed by atoms with Gasteiger partial charge in [-0.15, -0.1) is 10.2 Å². The molecule has 1 fully saturated rings. The summed E-state index contributed by atoms with van der Waals surface area (Å²) < 4.78 is 1.70. The second-order valence-corrected chi connectivity index (χ2v) is 9.24. The van der Waals surface area contributed by atoms with Gasteiger partial charge in [0.2, 0.25) is 0 Å². The van der Waals surface area contributed by atoms with Gasteiger partial charge in [0.25, 0.3) is 5.91 Å². The molecule has 186 valence electrons. The average molecular weight is 495 g/mol. The average Bonchev–Trinajstić information content (AvgIpc) is 3.56. The first-order valence-electron chi connectivity index (χ1n) is 12.5. The predicted octanol–water partition coefficient (Wildman–Crippen LogP) is 3.23. The lowest BCUT2D eigenvalue weighted by molar-refractivity contribution is 0.0945. The Bertz CT molecular complexity index is 1510. The Morgan fingerprint density at radius 1 is 1.08 bits per heavy atom. The maximum atomic E-state index is 12.4. The van der Waals surface area contributed by atoms with E-state index in [1.54, 1.807) is 23.4 Å². The van der Waals surface area contributed by atoms with Crippen LogP contribution >= 0.6 is 0 Å². The van der Waals surface area contributed by atoms with E-state index in [4.69, 9.17) is 0 Å². The van der Waals surface area contributed by atoms with E-state index in [2.05, 4.69) is 51.8 Å². The molecule has 0 atom stereocenters. The molecule has 37 heavy (non-hydrogen) atoms. The van der Waals surface area contributed by atoms with Gasteiger partial charge in [-0.1, -0.05) is 11.3 Å². The minimum Gasteiger partial charge on any atom is -0.345 e. The lowest BCUT2D eigenvalue weighted by Gasteiger charge is -2.04. The smallest absolute Gasteiger partial charge is 0.273 e. The first-order chi connectivity index (χ1) is 18.2. The summed E-state index contributed by atoms with van der Waals surface area (Å²) in [5.41, 5.74) is 6.19. The van der Waals surface area contributed by atoms with E-state index in [9.17, 15) is 4.79 Å². The molecule has 1 aliphatic carbocycles. The molecule has 11 nitrogen and oxygen atoms in total. The molecule has 0 aromatic carbocycles. The minimum atomic E-state index is -0.267. The molecule has 0 spiro atoms. The highest BCUT2D eigenvalue weighted by Crippen LogP contribution is 2.46. The molecular weight excluding hydrogens is 468 g/mol. The number of hydrogen-bond acceptors (Lipinski definition) is 8. The van der Waals surface area contributed by atoms with Crippen LogP contribution in [-0.2, 0) is 19.5 Å². The van der Waals surface area contributed by atoms with Crippen molar-refractivity contribution in [2.75, 3.05) is 0 Å². The summed E-state index contributed by atoms with van der Waals surface area (Å²) in [4.78, 5) is 28.5. The van der Waals surface area contributed by atoms with Gasteiger partial charge in [-0.05, 0) is 56.2 Å². The fourth-order valence-electron chi connectivity index (χ4n) is 4.45. The van der Waals surface area contributed by atoms with Crippen LogP contribution in [0.2, 0.25) is 0 Å². The van der Waals surface area contributed by atoms with Crippen LogP contribution in [0, 0.1) is 0 Å². The zero-order valence-electron chi connectivity index (χ0n) is 20.2. The molecule has 0 aliphatic heterocycles. The largest absolute Gasteiger partial charge is 0.345 e. The van der Waals surface area contributed by atoms with Crippen molar-refractivity contribution in [2.45, 2.75) is 51.1 Å². The van der Waals surface area contributed by atoms with Crippen LogP contribution in [0.15, 0.2) is 55.4 Å². The normalized spacial score (nSPS) is 13.2. The summed E-state index contributed by atoms with van der Waals surface area (Å²) in [6.45, 7) is 1.01. The lowest BCUT2D eigenvalue weighted by atomic mass is 10.0. The highest BCUT2D eigenvalue weighted by Gasteiger charge is 2.30. The molecule has 5 aromatic heterocycles. The van der Waals surface area contributed by atoms with Gasteiger partial charge in [0, 0.05) is 47.3 Å². The maximum Gasteiger partial charge on any atom is 0.273 e. The van der Waals surface area contributed by atoms with Crippen molar-refractivity contribution in [2.24, 2.45) is 0 Å². The van der Waals surface area contributed by atoms with Crippen molar-refractivity contribution in [3.05, 3.63) is 78.2 Å². The van der Waals surface area contributed by atoms with Gasteiger partial charge in [0.1, 0.15) is 6.33 Å². The summed E-state index contributed by atoms with van der Waals surface area (Å²) in [6.07, 6.45) is 13.6. The van der Waals surface area contributed by atoms with Crippen molar-refractivity contribution in [3.63, 3.8) is 0 Å². The van der Waals surface area contributed by atoms with Gasteiger partial charge >= 0.3 is 0 Å². The van der Waals surface area contributed by atoms with Gasteiger partial charge in [-0.2, -0.15) is 5.10 Å². The van der Waals surface area contributed by atoms with E-state index >= 15 is 0 Å². The van der Waals surface area contributed by atoms with Crippen LogP contribution < -0.4 is 5.32 Å². The second kappa shape index (κ2) is 10.2. The van der Waals surface area contributed by atoms with E-state index in [-0.39, 0.29) is 5.91 Å². The number of carbonyl (C=O) groups excluding carboxylic acids is 1. The Balaban J connectivity index is 1.06. The van der Waals surface area contributed by atoms with E-state index < -0.39 is 0 Å². The zero-order valence-corrected chi connectivity index (χ0v) is 20.2. The first-order valence-corrected chi connectivity index (χ1v) is 12.5. The molecule has 0 radical (unpaired) electrons. The number of aromatic amines is 1. The van der Waals surface area contributed by atoms with Gasteiger partial charge in [0.05, 0.1) is 24.1 Å². The quantitative estimate of drug-likeness (QED) is 0.282. The fourth-order valence-corrected chi connectivity index (χ4v) is 4.45. The van der Waals surface area contributed by atoms with Crippen LogP contribution in [-0.4, -0.2) is 51.0 Å². The molecule has 11 heteroatoms. The predicted molar refractivity (Wildman–Crippen MR) is 135 cm³/mol. The number of aromatic nitrogens is 9. The number of pyridine rings is 1. The molecule has 5 aromatic rings. The SMILES string of the molecule is O=C(NCc1ccccn1)c1cn(CCCCc2cc3c(-c4cncnc4)c(C4CC4)[nH]c3nn2)nn1. The molecule has 6 rings (SSSR count). The van der Waals surface area contributed by atoms with Gasteiger partial charge in [0.15, 0.2) is 11.3 Å². The highest BCUT2D eigenvalue weighted by atomic mass is 16.2. The number of fused-ring (bicyclic) bond motifs is 1. The van der Waals surface area contributed by atoms with E-state index in [1.165, 1.54) is 18.5 Å². The Kier molecular flexibility index (Phi) is 6.32. The lowest BCUT2D eigenvalue weighted by Crippen LogP contribution is -2.23. The Morgan fingerprint density at radius 3 is 2.78 bits per heavy atom. The number of unbranched alkanes of at least 4 members (excludes halogenated alkanes) is 1. The molecule has 2 N–H and O–H groups in total. The third kappa shape index (κ3) is 5.20. The first kappa shape index (κ1) is 22.9. The number of H-pyrrole nitrogens is 1. The number of nitrogens with zero attached hydrogens (tertiary/aromatic N) is 8. The van der Waals surface area contributed by atoms with E-state index in [1.807, 2.05) is 30.6 Å². The van der Waals surface area contributed by atoms with Crippen molar-refractivity contribution < 1.29 is 4.79 Å². The molecule has 0 unspecified atom stereocenters. The number of rotatable bonds is 10. The summed E-state index contributed by atoms with van der Waals surface area (Å²) in [6, 6.07) is 7.71. The Labute approximate surface area is 212 Å². The molecule has 0 saturated heterocycles. The number of carbonyl (C=O) groups is 1. The summed E-state index contributed by atoms with van der Waals surface area (Å²) in [5, 5.41) is 20.9. The molecule has 0 bridgehead atoms. The Morgan fingerprint density at radius 2 is 1.97 bits per heavy atom. The van der Waals surface area contributed by atoms with Gasteiger partial charge in [-0.25, -0.2) is 9.97 Å². The number of aryl methyl sites for hydroxylation is 2. The van der Waals surface area contributed by atoms with E-state index in [0.29, 0.717) is 24.7 Å². The summed E-state index contributed by atoms with van der Waals surface area (Å²) >= 11 is 0. The van der Waals surface area contributed by atoms with Crippen molar-refractivity contribution >= 4 is 16.9 Å². The van der Waals surface area contributed by atoms with Crippen molar-refractivity contribution in [1.29, 1.82) is 0 Å². The summed E-state index contributed by atoms with van der Waals surface area (Å²) in [5.74, 6) is 0.273. The topological polar surface area (TPSA) is 140 Å².